The minimum atomic E-state index is -0.630. The van der Waals surface area contributed by atoms with Crippen LogP contribution in [0.5, 0.6) is 0 Å². The van der Waals surface area contributed by atoms with Gasteiger partial charge in [-0.25, -0.2) is 9.78 Å². The predicted molar refractivity (Wildman–Crippen MR) is 44.1 cm³/mol. The van der Waals surface area contributed by atoms with Crippen LogP contribution in [-0.2, 0) is 0 Å². The van der Waals surface area contributed by atoms with Crippen LogP contribution in [0.4, 0.5) is 4.79 Å². The van der Waals surface area contributed by atoms with E-state index in [9.17, 15) is 4.79 Å². The summed E-state index contributed by atoms with van der Waals surface area (Å²) in [6.45, 7) is -0.589. The van der Waals surface area contributed by atoms with Gasteiger partial charge in [0.25, 0.3) is 0 Å². The van der Waals surface area contributed by atoms with E-state index in [4.69, 9.17) is 10.2 Å². The number of amides is 1. The van der Waals surface area contributed by atoms with Crippen molar-refractivity contribution in [2.45, 2.75) is 6.04 Å². The van der Waals surface area contributed by atoms with Gasteiger partial charge in [0.2, 0.25) is 0 Å². The molecule has 0 saturated heterocycles. The summed E-state index contributed by atoms with van der Waals surface area (Å²) in [4.78, 5) is 14.9. The lowest BCUT2D eigenvalue weighted by molar-refractivity contribution is 0.169. The molecule has 72 valence electrons. The number of nitrogens with one attached hydrogen (secondary N) is 1. The standard InChI is InChI=1S/C7H11N3O3/c11-3-6(4-12)9-7(13)10-2-1-8-5-10/h1-2,5-6,11-12H,3-4H2,(H,9,13). The van der Waals surface area contributed by atoms with Crippen molar-refractivity contribution >= 4 is 6.03 Å². The normalized spacial score (nSPS) is 10.4. The zero-order chi connectivity index (χ0) is 9.68. The Kier molecular flexibility index (Phi) is 3.41. The zero-order valence-electron chi connectivity index (χ0n) is 6.92. The Morgan fingerprint density at radius 3 is 2.69 bits per heavy atom. The summed E-state index contributed by atoms with van der Waals surface area (Å²) in [6.07, 6.45) is 4.27. The Morgan fingerprint density at radius 2 is 2.23 bits per heavy atom. The topological polar surface area (TPSA) is 87.4 Å². The van der Waals surface area contributed by atoms with Gasteiger partial charge in [-0.2, -0.15) is 0 Å². The fourth-order valence-electron chi connectivity index (χ4n) is 0.777. The number of carbonyl (C=O) groups excluding carboxylic acids is 1. The van der Waals surface area contributed by atoms with Gasteiger partial charge in [-0.15, -0.1) is 0 Å². The third-order valence-electron chi connectivity index (χ3n) is 1.51. The molecule has 1 heterocycles. The van der Waals surface area contributed by atoms with Crippen LogP contribution in [0, 0.1) is 0 Å². The second-order valence-electron chi connectivity index (χ2n) is 2.48. The van der Waals surface area contributed by atoms with Gasteiger partial charge in [-0.3, -0.25) is 4.57 Å². The Bertz CT molecular complexity index is 256. The molecule has 0 fully saturated rings. The molecule has 0 saturated carbocycles. The van der Waals surface area contributed by atoms with E-state index in [1.54, 1.807) is 0 Å². The molecule has 0 aromatic carbocycles. The Hall–Kier alpha value is -1.40. The quantitative estimate of drug-likeness (QED) is 0.551. The van der Waals surface area contributed by atoms with E-state index in [2.05, 4.69) is 10.3 Å². The molecule has 1 amide bonds. The van der Waals surface area contributed by atoms with Crippen LogP contribution in [-0.4, -0.2) is 45.1 Å². The molecule has 6 heteroatoms. The van der Waals surface area contributed by atoms with Crippen LogP contribution in [0.3, 0.4) is 0 Å². The number of aliphatic hydroxyl groups excluding tert-OH is 2. The van der Waals surface area contributed by atoms with Gasteiger partial charge in [-0.1, -0.05) is 0 Å². The van der Waals surface area contributed by atoms with E-state index in [-0.39, 0.29) is 13.2 Å². The highest BCUT2D eigenvalue weighted by molar-refractivity contribution is 5.76. The summed E-state index contributed by atoms with van der Waals surface area (Å²) >= 11 is 0. The van der Waals surface area contributed by atoms with E-state index in [1.807, 2.05) is 0 Å². The van der Waals surface area contributed by atoms with E-state index < -0.39 is 12.1 Å². The molecule has 0 aliphatic rings. The molecule has 0 aliphatic carbocycles. The maximum absolute atomic E-state index is 11.2. The molecule has 0 atom stereocenters. The number of hydrogen-bond acceptors (Lipinski definition) is 4. The minimum absolute atomic E-state index is 0.295. The van der Waals surface area contributed by atoms with Gasteiger partial charge in [0.15, 0.2) is 0 Å². The smallest absolute Gasteiger partial charge is 0.327 e. The fraction of sp³-hybridized carbons (Fsp3) is 0.429. The van der Waals surface area contributed by atoms with Crippen LogP contribution in [0.2, 0.25) is 0 Å². The first-order valence-electron chi connectivity index (χ1n) is 3.78. The Labute approximate surface area is 74.8 Å². The van der Waals surface area contributed by atoms with Gasteiger partial charge in [0.05, 0.1) is 19.3 Å². The molecule has 0 aliphatic heterocycles. The van der Waals surface area contributed by atoms with Crippen molar-refractivity contribution in [3.63, 3.8) is 0 Å². The number of aromatic nitrogens is 2. The first-order chi connectivity index (χ1) is 6.27. The molecule has 0 spiro atoms. The van der Waals surface area contributed by atoms with E-state index in [1.165, 1.54) is 23.3 Å². The van der Waals surface area contributed by atoms with Crippen LogP contribution >= 0.6 is 0 Å². The first-order valence-corrected chi connectivity index (χ1v) is 3.78. The van der Waals surface area contributed by atoms with Crippen LogP contribution in [0.1, 0.15) is 0 Å². The molecule has 3 N–H and O–H groups in total. The van der Waals surface area contributed by atoms with Gasteiger partial charge in [0.1, 0.15) is 6.33 Å². The number of carbonyl (C=O) groups is 1. The molecule has 0 unspecified atom stereocenters. The molecule has 0 radical (unpaired) electrons. The van der Waals surface area contributed by atoms with E-state index in [0.29, 0.717) is 0 Å². The van der Waals surface area contributed by atoms with Crippen LogP contribution in [0.25, 0.3) is 0 Å². The average Bonchev–Trinajstić information content (AvgIpc) is 2.66. The highest BCUT2D eigenvalue weighted by atomic mass is 16.3. The molecule has 13 heavy (non-hydrogen) atoms. The van der Waals surface area contributed by atoms with E-state index in [0.717, 1.165) is 0 Å². The monoisotopic (exact) mass is 185 g/mol. The molecule has 0 bridgehead atoms. The van der Waals surface area contributed by atoms with Crippen molar-refractivity contribution in [2.75, 3.05) is 13.2 Å². The number of aliphatic hydroxyl groups is 2. The second kappa shape index (κ2) is 4.58. The van der Waals surface area contributed by atoms with Gasteiger partial charge < -0.3 is 15.5 Å². The average molecular weight is 185 g/mol. The fourth-order valence-corrected chi connectivity index (χ4v) is 0.777. The Balaban J connectivity index is 2.50. The lowest BCUT2D eigenvalue weighted by Gasteiger charge is -2.12. The van der Waals surface area contributed by atoms with Crippen molar-refractivity contribution in [1.82, 2.24) is 14.9 Å². The summed E-state index contributed by atoms with van der Waals surface area (Å²) < 4.78 is 1.22. The maximum Gasteiger partial charge on any atom is 0.327 e. The highest BCUT2D eigenvalue weighted by Gasteiger charge is 2.10. The van der Waals surface area contributed by atoms with Gasteiger partial charge in [0, 0.05) is 12.4 Å². The van der Waals surface area contributed by atoms with Crippen molar-refractivity contribution < 1.29 is 15.0 Å². The molecule has 1 rings (SSSR count). The van der Waals surface area contributed by atoms with Crippen molar-refractivity contribution in [2.24, 2.45) is 0 Å². The second-order valence-corrected chi connectivity index (χ2v) is 2.48. The lowest BCUT2D eigenvalue weighted by atomic mass is 10.3. The number of hydrogen-bond donors (Lipinski definition) is 3. The summed E-state index contributed by atoms with van der Waals surface area (Å²) in [6, 6.07) is -1.06. The third kappa shape index (κ3) is 2.53. The van der Waals surface area contributed by atoms with Crippen LogP contribution in [0.15, 0.2) is 18.7 Å². The minimum Gasteiger partial charge on any atom is -0.394 e. The lowest BCUT2D eigenvalue weighted by Crippen LogP contribution is -2.41. The SMILES string of the molecule is O=C(NC(CO)CO)n1ccnc1. The maximum atomic E-state index is 11.2. The molecule has 6 nitrogen and oxygen atoms in total. The molecular formula is C7H11N3O3. The number of imidazole rings is 1. The molecular weight excluding hydrogens is 174 g/mol. The Morgan fingerprint density at radius 1 is 1.54 bits per heavy atom. The van der Waals surface area contributed by atoms with Crippen molar-refractivity contribution in [1.29, 1.82) is 0 Å². The number of nitrogens with zero attached hydrogens (tertiary/aromatic N) is 2. The van der Waals surface area contributed by atoms with E-state index >= 15 is 0 Å². The van der Waals surface area contributed by atoms with Gasteiger partial charge in [-0.05, 0) is 0 Å². The molecule has 1 aromatic rings. The van der Waals surface area contributed by atoms with Gasteiger partial charge >= 0.3 is 6.03 Å². The summed E-state index contributed by atoms with van der Waals surface area (Å²) in [5.74, 6) is 0. The zero-order valence-corrected chi connectivity index (χ0v) is 6.92. The summed E-state index contributed by atoms with van der Waals surface area (Å²) in [7, 11) is 0. The van der Waals surface area contributed by atoms with Crippen molar-refractivity contribution in [3.8, 4) is 0 Å². The summed E-state index contributed by atoms with van der Waals surface area (Å²) in [5.41, 5.74) is 0. The van der Waals surface area contributed by atoms with Crippen molar-refractivity contribution in [3.05, 3.63) is 18.7 Å². The highest BCUT2D eigenvalue weighted by Crippen LogP contribution is 1.87. The molecule has 1 aromatic heterocycles. The first kappa shape index (κ1) is 9.69. The van der Waals surface area contributed by atoms with Crippen LogP contribution < -0.4 is 5.32 Å². The third-order valence-corrected chi connectivity index (χ3v) is 1.51. The summed E-state index contributed by atoms with van der Waals surface area (Å²) in [5, 5.41) is 19.7. The largest absolute Gasteiger partial charge is 0.394 e. The predicted octanol–water partition coefficient (Wildman–Crippen LogP) is -1.21. The number of rotatable bonds is 3.